The molecule has 61 valence electrons. The van der Waals surface area contributed by atoms with Crippen LogP contribution in [0.15, 0.2) is 0 Å². The maximum absolute atomic E-state index is 10.9. The van der Waals surface area contributed by atoms with Crippen molar-refractivity contribution in [3.8, 4) is 0 Å². The minimum Gasteiger partial charge on any atom is -0.336 e. The predicted molar refractivity (Wildman–Crippen MR) is 38.4 cm³/mol. The maximum atomic E-state index is 10.9. The van der Waals surface area contributed by atoms with E-state index in [9.17, 15) is 9.59 Å². The Balaban J connectivity index is 2.45. The van der Waals surface area contributed by atoms with Gasteiger partial charge in [-0.3, -0.25) is 4.79 Å². The van der Waals surface area contributed by atoms with Gasteiger partial charge in [0.15, 0.2) is 0 Å². The van der Waals surface area contributed by atoms with Crippen LogP contribution in [0.5, 0.6) is 0 Å². The van der Waals surface area contributed by atoms with Crippen molar-refractivity contribution in [3.63, 3.8) is 0 Å². The van der Waals surface area contributed by atoms with Crippen LogP contribution in [0, 0.1) is 0 Å². The third-order valence-electron chi connectivity index (χ3n) is 1.63. The second kappa shape index (κ2) is 3.23. The average Bonchev–Trinajstić information content (AvgIpc) is 2.36. The van der Waals surface area contributed by atoms with Crippen LogP contribution in [0.1, 0.15) is 6.92 Å². The molecule has 1 atom stereocenters. The summed E-state index contributed by atoms with van der Waals surface area (Å²) in [7, 11) is 0. The highest BCUT2D eigenvalue weighted by Gasteiger charge is 2.23. The van der Waals surface area contributed by atoms with Crippen LogP contribution >= 0.6 is 0 Å². The number of carbonyl (C=O) groups excluding carboxylic acids is 2. The lowest BCUT2D eigenvalue weighted by Gasteiger charge is -2.21. The molecule has 0 spiro atoms. The van der Waals surface area contributed by atoms with E-state index < -0.39 is 0 Å². The van der Waals surface area contributed by atoms with Gasteiger partial charge in [0.1, 0.15) is 6.17 Å². The van der Waals surface area contributed by atoms with E-state index in [4.69, 9.17) is 0 Å². The molecule has 0 aliphatic carbocycles. The second-order valence-corrected chi connectivity index (χ2v) is 2.35. The molecular weight excluding hydrogens is 146 g/mol. The van der Waals surface area contributed by atoms with Gasteiger partial charge in [0.05, 0.1) is 0 Å². The number of nitrogens with one attached hydrogen (secondary N) is 2. The molecule has 1 radical (unpaired) electrons. The molecule has 3 amide bonds. The van der Waals surface area contributed by atoms with E-state index in [1.807, 2.05) is 0 Å². The second-order valence-electron chi connectivity index (χ2n) is 2.35. The Hall–Kier alpha value is -1.26. The zero-order chi connectivity index (χ0) is 8.27. The normalized spacial score (nSPS) is 19.4. The van der Waals surface area contributed by atoms with E-state index >= 15 is 0 Å². The summed E-state index contributed by atoms with van der Waals surface area (Å²) in [5.74, 6) is 0. The topological polar surface area (TPSA) is 61.4 Å². The van der Waals surface area contributed by atoms with Crippen molar-refractivity contribution in [2.24, 2.45) is 0 Å². The van der Waals surface area contributed by atoms with Crippen LogP contribution in [0.2, 0.25) is 0 Å². The first-order valence-corrected chi connectivity index (χ1v) is 3.43. The molecule has 0 bridgehead atoms. The van der Waals surface area contributed by atoms with Crippen LogP contribution in [-0.2, 0) is 4.79 Å². The lowest BCUT2D eigenvalue weighted by molar-refractivity contribution is 0.198. The fourth-order valence-electron chi connectivity index (χ4n) is 1.02. The number of hydrogen-bond donors (Lipinski definition) is 2. The number of amides is 3. The molecule has 1 saturated heterocycles. The Bertz CT molecular complexity index is 171. The number of rotatable bonds is 3. The van der Waals surface area contributed by atoms with E-state index in [-0.39, 0.29) is 12.2 Å². The molecule has 1 fully saturated rings. The molecular formula is C6H10N3O2. The van der Waals surface area contributed by atoms with Gasteiger partial charge in [-0.15, -0.1) is 0 Å². The number of carbonyl (C=O) groups is 1. The molecule has 1 aliphatic heterocycles. The quantitative estimate of drug-likeness (QED) is 0.515. The van der Waals surface area contributed by atoms with Gasteiger partial charge >= 0.3 is 12.4 Å². The van der Waals surface area contributed by atoms with Crippen molar-refractivity contribution in [3.05, 3.63) is 0 Å². The highest BCUT2D eigenvalue weighted by atomic mass is 16.2. The van der Waals surface area contributed by atoms with E-state index in [0.29, 0.717) is 13.1 Å². The Morgan fingerprint density at radius 1 is 1.82 bits per heavy atom. The fraction of sp³-hybridized carbons (Fsp3) is 0.667. The van der Waals surface area contributed by atoms with Crippen LogP contribution in [0.25, 0.3) is 0 Å². The van der Waals surface area contributed by atoms with Crippen LogP contribution in [-0.4, -0.2) is 36.6 Å². The SMILES string of the molecule is CC(N[C]=O)N1CCNC1=O. The predicted octanol–water partition coefficient (Wildman–Crippen LogP) is -0.986. The van der Waals surface area contributed by atoms with Gasteiger partial charge in [-0.1, -0.05) is 0 Å². The van der Waals surface area contributed by atoms with E-state index in [0.717, 1.165) is 0 Å². The smallest absolute Gasteiger partial charge is 0.319 e. The fourth-order valence-corrected chi connectivity index (χ4v) is 1.02. The summed E-state index contributed by atoms with van der Waals surface area (Å²) >= 11 is 0. The first-order chi connectivity index (χ1) is 5.25. The molecule has 0 aromatic carbocycles. The Morgan fingerprint density at radius 2 is 2.55 bits per heavy atom. The Labute approximate surface area is 64.7 Å². The van der Waals surface area contributed by atoms with Crippen molar-refractivity contribution < 1.29 is 9.59 Å². The molecule has 0 saturated carbocycles. The third kappa shape index (κ3) is 1.60. The first-order valence-electron chi connectivity index (χ1n) is 3.43. The molecule has 1 heterocycles. The lowest BCUT2D eigenvalue weighted by Crippen LogP contribution is -2.44. The van der Waals surface area contributed by atoms with Crippen LogP contribution < -0.4 is 10.6 Å². The van der Waals surface area contributed by atoms with Crippen molar-refractivity contribution in [1.82, 2.24) is 15.5 Å². The van der Waals surface area contributed by atoms with Crippen LogP contribution in [0.3, 0.4) is 0 Å². The van der Waals surface area contributed by atoms with Crippen molar-refractivity contribution in [2.45, 2.75) is 13.1 Å². The molecule has 1 rings (SSSR count). The number of hydrogen-bond acceptors (Lipinski definition) is 2. The Morgan fingerprint density at radius 3 is 3.00 bits per heavy atom. The van der Waals surface area contributed by atoms with E-state index in [1.54, 1.807) is 13.3 Å². The van der Waals surface area contributed by atoms with Gasteiger partial charge in [0.25, 0.3) is 0 Å². The highest BCUT2D eigenvalue weighted by molar-refractivity contribution is 5.76. The van der Waals surface area contributed by atoms with Gasteiger partial charge in [0, 0.05) is 13.1 Å². The van der Waals surface area contributed by atoms with Gasteiger partial charge in [-0.25, -0.2) is 4.79 Å². The van der Waals surface area contributed by atoms with E-state index in [2.05, 4.69) is 10.6 Å². The summed E-state index contributed by atoms with van der Waals surface area (Å²) in [5.41, 5.74) is 0. The molecule has 0 aromatic heterocycles. The molecule has 2 N–H and O–H groups in total. The van der Waals surface area contributed by atoms with Crippen molar-refractivity contribution >= 4 is 12.4 Å². The Kier molecular flexibility index (Phi) is 2.30. The zero-order valence-corrected chi connectivity index (χ0v) is 6.26. The molecule has 5 nitrogen and oxygen atoms in total. The third-order valence-corrected chi connectivity index (χ3v) is 1.63. The van der Waals surface area contributed by atoms with Gasteiger partial charge in [-0.05, 0) is 6.92 Å². The van der Waals surface area contributed by atoms with Crippen molar-refractivity contribution in [2.75, 3.05) is 13.1 Å². The standard InChI is InChI=1S/C6H10N3O2/c1-5(8-4-10)9-3-2-7-6(9)11/h5H,2-3H2,1H3,(H,7,11)(H,8,10). The molecule has 5 heteroatoms. The van der Waals surface area contributed by atoms with E-state index in [1.165, 1.54) is 4.90 Å². The van der Waals surface area contributed by atoms with Crippen LogP contribution in [0.4, 0.5) is 4.79 Å². The minimum absolute atomic E-state index is 0.139. The summed E-state index contributed by atoms with van der Waals surface area (Å²) in [6.45, 7) is 3.01. The number of nitrogens with zero attached hydrogens (tertiary/aromatic N) is 1. The van der Waals surface area contributed by atoms with Gasteiger partial charge in [-0.2, -0.15) is 0 Å². The zero-order valence-electron chi connectivity index (χ0n) is 6.26. The summed E-state index contributed by atoms with van der Waals surface area (Å²) in [6, 6.07) is -0.139. The maximum Gasteiger partial charge on any atom is 0.319 e. The lowest BCUT2D eigenvalue weighted by atomic mass is 10.5. The summed E-state index contributed by atoms with van der Waals surface area (Å²) in [6.07, 6.45) is 1.27. The molecule has 11 heavy (non-hydrogen) atoms. The molecule has 1 unspecified atom stereocenters. The largest absolute Gasteiger partial charge is 0.336 e. The number of urea groups is 1. The molecule has 0 aromatic rings. The van der Waals surface area contributed by atoms with Gasteiger partial charge < -0.3 is 15.5 Å². The van der Waals surface area contributed by atoms with Gasteiger partial charge in [0.2, 0.25) is 0 Å². The average molecular weight is 156 g/mol. The summed E-state index contributed by atoms with van der Waals surface area (Å²) < 4.78 is 0. The summed E-state index contributed by atoms with van der Waals surface area (Å²) in [5, 5.41) is 5.00. The minimum atomic E-state index is -0.269. The monoisotopic (exact) mass is 156 g/mol. The highest BCUT2D eigenvalue weighted by Crippen LogP contribution is 1.99. The first kappa shape index (κ1) is 7.84. The van der Waals surface area contributed by atoms with Crippen molar-refractivity contribution in [1.29, 1.82) is 0 Å². The summed E-state index contributed by atoms with van der Waals surface area (Å²) in [4.78, 5) is 22.4. The molecule has 1 aliphatic rings.